The third-order valence-corrected chi connectivity index (χ3v) is 3.55. The summed E-state index contributed by atoms with van der Waals surface area (Å²) >= 11 is 0. The number of unbranched alkanes of at least 4 members (excludes halogenated alkanes) is 7. The normalized spacial score (nSPS) is 12.1. The summed E-state index contributed by atoms with van der Waals surface area (Å²) < 4.78 is 0. The van der Waals surface area contributed by atoms with Crippen LogP contribution in [0.4, 0.5) is 0 Å². The first-order valence-corrected chi connectivity index (χ1v) is 7.88. The molecule has 0 saturated heterocycles. The van der Waals surface area contributed by atoms with E-state index in [0.29, 0.717) is 0 Å². The van der Waals surface area contributed by atoms with Gasteiger partial charge in [-0.15, -0.1) is 0 Å². The molecule has 0 amide bonds. The number of allylic oxidation sites excluding steroid dienone is 1. The van der Waals surface area contributed by atoms with Crippen molar-refractivity contribution in [2.24, 2.45) is 0 Å². The fraction of sp³-hybridized carbons (Fsp3) is 0.857. The molecule has 0 aromatic carbocycles. The minimum absolute atomic E-state index is 1.25. The Hall–Kier alpha value is 0.170. The van der Waals surface area contributed by atoms with Gasteiger partial charge in [-0.1, -0.05) is 79.3 Å². The Bertz CT molecular complexity index is 129. The maximum atomic E-state index is 2.33. The van der Waals surface area contributed by atoms with Gasteiger partial charge < -0.3 is 0 Å². The van der Waals surface area contributed by atoms with Crippen molar-refractivity contribution in [2.45, 2.75) is 71.6 Å². The minimum Gasteiger partial charge on any atom is -0.0837 e. The lowest BCUT2D eigenvalue weighted by molar-refractivity contribution is 0.603. The Labute approximate surface area is 98.7 Å². The highest BCUT2D eigenvalue weighted by Gasteiger charge is 1.90. The molecule has 0 saturated carbocycles. The lowest BCUT2D eigenvalue weighted by atomic mass is 10.1. The Morgan fingerprint density at radius 3 is 2.13 bits per heavy atom. The van der Waals surface area contributed by atoms with Gasteiger partial charge in [0.05, 0.1) is 0 Å². The highest BCUT2D eigenvalue weighted by atomic mass is 31.1. The number of rotatable bonds is 11. The molecule has 0 aliphatic rings. The summed E-state index contributed by atoms with van der Waals surface area (Å²) in [5.74, 6) is 2.33. The summed E-state index contributed by atoms with van der Waals surface area (Å²) in [4.78, 5) is 0. The van der Waals surface area contributed by atoms with Gasteiger partial charge in [0, 0.05) is 0 Å². The zero-order chi connectivity index (χ0) is 11.2. The van der Waals surface area contributed by atoms with Crippen LogP contribution in [0.25, 0.3) is 0 Å². The third-order valence-electron chi connectivity index (χ3n) is 2.56. The van der Waals surface area contributed by atoms with Gasteiger partial charge in [0.15, 0.2) is 0 Å². The van der Waals surface area contributed by atoms with E-state index >= 15 is 0 Å². The predicted molar refractivity (Wildman–Crippen MR) is 73.8 cm³/mol. The second kappa shape index (κ2) is 14.2. The SMILES string of the molecule is CCCC=C[P]CCCCCCCCC. The molecule has 0 aromatic rings. The first-order valence-electron chi connectivity index (χ1n) is 6.73. The van der Waals surface area contributed by atoms with Crippen molar-refractivity contribution in [3.05, 3.63) is 11.9 Å². The molecule has 0 nitrogen and oxygen atoms in total. The van der Waals surface area contributed by atoms with Crippen LogP contribution in [0.15, 0.2) is 11.9 Å². The van der Waals surface area contributed by atoms with Crippen molar-refractivity contribution in [3.63, 3.8) is 0 Å². The summed E-state index contributed by atoms with van der Waals surface area (Å²) in [6.45, 7) is 4.51. The van der Waals surface area contributed by atoms with Gasteiger partial charge in [-0.2, -0.15) is 0 Å². The Morgan fingerprint density at radius 1 is 0.800 bits per heavy atom. The number of hydrogen-bond donors (Lipinski definition) is 0. The fourth-order valence-electron chi connectivity index (χ4n) is 1.55. The van der Waals surface area contributed by atoms with Crippen LogP contribution in [0.1, 0.15) is 71.6 Å². The summed E-state index contributed by atoms with van der Waals surface area (Å²) in [6.07, 6.45) is 16.2. The van der Waals surface area contributed by atoms with E-state index in [4.69, 9.17) is 0 Å². The van der Waals surface area contributed by atoms with Crippen LogP contribution in [-0.2, 0) is 0 Å². The molecule has 15 heavy (non-hydrogen) atoms. The van der Waals surface area contributed by atoms with Crippen LogP contribution in [-0.4, -0.2) is 6.16 Å². The molecule has 0 heterocycles. The average molecular weight is 227 g/mol. The maximum absolute atomic E-state index is 2.33. The van der Waals surface area contributed by atoms with Gasteiger partial charge in [0.2, 0.25) is 0 Å². The smallest absolute Gasteiger partial charge is 0.0250 e. The fourth-order valence-corrected chi connectivity index (χ4v) is 2.40. The van der Waals surface area contributed by atoms with Crippen LogP contribution < -0.4 is 0 Å². The Morgan fingerprint density at radius 2 is 1.47 bits per heavy atom. The summed E-state index contributed by atoms with van der Waals surface area (Å²) in [7, 11) is 1.53. The highest BCUT2D eigenvalue weighted by Crippen LogP contribution is 2.16. The van der Waals surface area contributed by atoms with E-state index in [1.807, 2.05) is 0 Å². The van der Waals surface area contributed by atoms with E-state index in [0.717, 1.165) is 0 Å². The molecule has 1 radical (unpaired) electrons. The van der Waals surface area contributed by atoms with Gasteiger partial charge in [-0.05, 0) is 19.0 Å². The quantitative estimate of drug-likeness (QED) is 0.300. The number of hydrogen-bond acceptors (Lipinski definition) is 0. The van der Waals surface area contributed by atoms with Crippen LogP contribution in [0.3, 0.4) is 0 Å². The third kappa shape index (κ3) is 14.2. The molecule has 89 valence electrons. The monoisotopic (exact) mass is 227 g/mol. The van der Waals surface area contributed by atoms with Gasteiger partial charge in [-0.25, -0.2) is 0 Å². The Balaban J connectivity index is 2.92. The second-order valence-electron chi connectivity index (χ2n) is 4.20. The molecule has 0 aromatic heterocycles. The van der Waals surface area contributed by atoms with Crippen molar-refractivity contribution in [2.75, 3.05) is 6.16 Å². The summed E-state index contributed by atoms with van der Waals surface area (Å²) in [5.41, 5.74) is 0. The Kier molecular flexibility index (Phi) is 14.3. The summed E-state index contributed by atoms with van der Waals surface area (Å²) in [5, 5.41) is 0. The average Bonchev–Trinajstić information content (AvgIpc) is 2.26. The van der Waals surface area contributed by atoms with Crippen LogP contribution >= 0.6 is 8.58 Å². The predicted octanol–water partition coefficient (Wildman–Crippen LogP) is 6.00. The van der Waals surface area contributed by atoms with E-state index in [1.54, 1.807) is 0 Å². The van der Waals surface area contributed by atoms with Gasteiger partial charge >= 0.3 is 0 Å². The maximum Gasteiger partial charge on any atom is -0.0250 e. The first kappa shape index (κ1) is 15.2. The molecule has 0 unspecified atom stereocenters. The highest BCUT2D eigenvalue weighted by molar-refractivity contribution is 7.41. The lowest BCUT2D eigenvalue weighted by Gasteiger charge is -1.99. The van der Waals surface area contributed by atoms with Crippen LogP contribution in [0.5, 0.6) is 0 Å². The van der Waals surface area contributed by atoms with E-state index in [-0.39, 0.29) is 0 Å². The first-order chi connectivity index (χ1) is 7.41. The largest absolute Gasteiger partial charge is 0.0837 e. The molecule has 0 rings (SSSR count). The molecule has 1 heteroatoms. The van der Waals surface area contributed by atoms with E-state index in [9.17, 15) is 0 Å². The van der Waals surface area contributed by atoms with Crippen molar-refractivity contribution >= 4 is 8.58 Å². The second-order valence-corrected chi connectivity index (χ2v) is 5.31. The van der Waals surface area contributed by atoms with Gasteiger partial charge in [0.1, 0.15) is 0 Å². The van der Waals surface area contributed by atoms with Crippen molar-refractivity contribution in [3.8, 4) is 0 Å². The molecule has 0 bridgehead atoms. The minimum atomic E-state index is 1.25. The topological polar surface area (TPSA) is 0 Å². The molecule has 0 N–H and O–H groups in total. The van der Waals surface area contributed by atoms with E-state index in [1.165, 1.54) is 72.5 Å². The van der Waals surface area contributed by atoms with E-state index < -0.39 is 0 Å². The summed E-state index contributed by atoms with van der Waals surface area (Å²) in [6, 6.07) is 0. The molecular weight excluding hydrogens is 199 g/mol. The van der Waals surface area contributed by atoms with Crippen molar-refractivity contribution in [1.82, 2.24) is 0 Å². The van der Waals surface area contributed by atoms with Gasteiger partial charge in [0.25, 0.3) is 0 Å². The van der Waals surface area contributed by atoms with Gasteiger partial charge in [-0.3, -0.25) is 0 Å². The molecule has 0 spiro atoms. The van der Waals surface area contributed by atoms with E-state index in [2.05, 4.69) is 25.7 Å². The lowest BCUT2D eigenvalue weighted by Crippen LogP contribution is -1.80. The van der Waals surface area contributed by atoms with Crippen molar-refractivity contribution < 1.29 is 0 Å². The molecule has 0 aliphatic heterocycles. The standard InChI is InChI=1S/C14H28P/c1-3-5-7-8-9-10-12-14-15-13-11-6-4-2/h11,13H,3-10,12,14H2,1-2H3. The molecular formula is C14H28P. The molecule has 0 aliphatic carbocycles. The zero-order valence-corrected chi connectivity index (χ0v) is 11.6. The van der Waals surface area contributed by atoms with Crippen LogP contribution in [0.2, 0.25) is 0 Å². The van der Waals surface area contributed by atoms with Crippen molar-refractivity contribution in [1.29, 1.82) is 0 Å². The zero-order valence-electron chi connectivity index (χ0n) is 10.7. The molecule has 0 atom stereocenters. The molecule has 0 fully saturated rings. The van der Waals surface area contributed by atoms with Crippen LogP contribution in [0, 0.1) is 0 Å².